The summed E-state index contributed by atoms with van der Waals surface area (Å²) in [7, 11) is 0. The van der Waals surface area contributed by atoms with E-state index in [1.54, 1.807) is 11.8 Å². The highest BCUT2D eigenvalue weighted by molar-refractivity contribution is 7.98. The van der Waals surface area contributed by atoms with E-state index in [0.29, 0.717) is 0 Å². The molecule has 0 fully saturated rings. The Morgan fingerprint density at radius 1 is 1.25 bits per heavy atom. The fourth-order valence-electron chi connectivity index (χ4n) is 1.30. The molecule has 1 aromatic heterocycles. The molecule has 0 radical (unpaired) electrons. The van der Waals surface area contributed by atoms with E-state index in [0.717, 1.165) is 29.2 Å². The van der Waals surface area contributed by atoms with Crippen LogP contribution in [0.4, 0.5) is 0 Å². The van der Waals surface area contributed by atoms with Gasteiger partial charge in [0.15, 0.2) is 0 Å². The second kappa shape index (κ2) is 2.82. The van der Waals surface area contributed by atoms with Crippen LogP contribution in [0.5, 0.6) is 0 Å². The quantitative estimate of drug-likeness (QED) is 0.589. The number of aromatic nitrogens is 2. The molecule has 0 bridgehead atoms. The normalized spacial score (nSPS) is 15.7. The number of hydrogen-bond acceptors (Lipinski definition) is 3. The topological polar surface area (TPSA) is 65.7 Å². The van der Waals surface area contributed by atoms with Crippen LogP contribution in [0.3, 0.4) is 0 Å². The molecule has 5 heteroatoms. The maximum atomic E-state index is 11.2. The van der Waals surface area contributed by atoms with Gasteiger partial charge in [0, 0.05) is 17.0 Å². The Kier molecular flexibility index (Phi) is 1.80. The minimum absolute atomic E-state index is 0.228. The van der Waals surface area contributed by atoms with Crippen molar-refractivity contribution in [3.63, 3.8) is 0 Å². The summed E-state index contributed by atoms with van der Waals surface area (Å²) in [6, 6.07) is 0. The molecule has 12 heavy (non-hydrogen) atoms. The Hall–Kier alpha value is -0.970. The molecule has 0 saturated heterocycles. The molecule has 0 unspecified atom stereocenters. The molecule has 2 rings (SSSR count). The van der Waals surface area contributed by atoms with Gasteiger partial charge in [-0.3, -0.25) is 9.78 Å². The molecule has 4 nitrogen and oxygen atoms in total. The highest BCUT2D eigenvalue weighted by Gasteiger charge is 2.13. The van der Waals surface area contributed by atoms with Gasteiger partial charge >= 0.3 is 5.69 Å². The van der Waals surface area contributed by atoms with E-state index < -0.39 is 5.69 Å². The SMILES string of the molecule is O=c1[nH]c2c(c(=O)[nH]1)CCSC2. The summed E-state index contributed by atoms with van der Waals surface area (Å²) in [5, 5.41) is 0. The fourth-order valence-corrected chi connectivity index (χ4v) is 2.24. The lowest BCUT2D eigenvalue weighted by Crippen LogP contribution is -2.29. The number of nitrogens with one attached hydrogen (secondary N) is 2. The number of fused-ring (bicyclic) bond motifs is 1. The zero-order valence-corrected chi connectivity index (χ0v) is 7.16. The van der Waals surface area contributed by atoms with Crippen molar-refractivity contribution >= 4 is 11.8 Å². The van der Waals surface area contributed by atoms with Gasteiger partial charge in [-0.1, -0.05) is 0 Å². The molecule has 0 saturated carbocycles. The molecule has 2 N–H and O–H groups in total. The largest absolute Gasteiger partial charge is 0.325 e. The third-order valence-corrected chi connectivity index (χ3v) is 2.86. The van der Waals surface area contributed by atoms with Crippen molar-refractivity contribution in [3.05, 3.63) is 32.1 Å². The minimum Gasteiger partial charge on any atom is -0.310 e. The van der Waals surface area contributed by atoms with E-state index in [9.17, 15) is 9.59 Å². The van der Waals surface area contributed by atoms with Gasteiger partial charge in [0.05, 0.1) is 0 Å². The van der Waals surface area contributed by atoms with Crippen molar-refractivity contribution in [2.24, 2.45) is 0 Å². The van der Waals surface area contributed by atoms with Gasteiger partial charge in [-0.15, -0.1) is 0 Å². The molecule has 0 aliphatic carbocycles. The second-order valence-corrected chi connectivity index (χ2v) is 3.77. The van der Waals surface area contributed by atoms with Crippen LogP contribution < -0.4 is 11.2 Å². The van der Waals surface area contributed by atoms with Crippen molar-refractivity contribution < 1.29 is 0 Å². The first-order valence-electron chi connectivity index (χ1n) is 3.69. The number of H-pyrrole nitrogens is 2. The molecule has 1 aromatic rings. The zero-order chi connectivity index (χ0) is 8.55. The Morgan fingerprint density at radius 3 is 2.92 bits per heavy atom. The van der Waals surface area contributed by atoms with Crippen molar-refractivity contribution in [2.75, 3.05) is 5.75 Å². The van der Waals surface area contributed by atoms with Gasteiger partial charge in [0.25, 0.3) is 5.56 Å². The maximum Gasteiger partial charge on any atom is 0.325 e. The molecule has 64 valence electrons. The fraction of sp³-hybridized carbons (Fsp3) is 0.429. The molecule has 0 amide bonds. The van der Waals surface area contributed by atoms with Crippen LogP contribution in [0.15, 0.2) is 9.59 Å². The summed E-state index contributed by atoms with van der Waals surface area (Å²) in [5.74, 6) is 1.70. The van der Waals surface area contributed by atoms with Crippen molar-refractivity contribution in [1.82, 2.24) is 9.97 Å². The number of thioether (sulfide) groups is 1. The average Bonchev–Trinajstić information content (AvgIpc) is 2.04. The first kappa shape index (κ1) is 7.67. The smallest absolute Gasteiger partial charge is 0.310 e. The predicted octanol–water partition coefficient (Wildman–Crippen LogP) is -0.148. The molecule has 1 aliphatic rings. The highest BCUT2D eigenvalue weighted by Crippen LogP contribution is 2.18. The van der Waals surface area contributed by atoms with E-state index in [4.69, 9.17) is 0 Å². The number of hydrogen-bond donors (Lipinski definition) is 2. The molecule has 0 atom stereocenters. The van der Waals surface area contributed by atoms with Crippen LogP contribution in [0.2, 0.25) is 0 Å². The molecular weight excluding hydrogens is 176 g/mol. The average molecular weight is 184 g/mol. The predicted molar refractivity (Wildman–Crippen MR) is 47.5 cm³/mol. The molecule has 0 spiro atoms. The van der Waals surface area contributed by atoms with E-state index in [-0.39, 0.29) is 5.56 Å². The molecule has 2 heterocycles. The Bertz CT molecular complexity index is 407. The molecular formula is C7H8N2O2S. The third kappa shape index (κ3) is 1.20. The van der Waals surface area contributed by atoms with Crippen LogP contribution in [0, 0.1) is 0 Å². The van der Waals surface area contributed by atoms with Gasteiger partial charge < -0.3 is 4.98 Å². The summed E-state index contributed by atoms with van der Waals surface area (Å²) >= 11 is 1.73. The Morgan fingerprint density at radius 2 is 2.08 bits per heavy atom. The second-order valence-electron chi connectivity index (χ2n) is 2.67. The van der Waals surface area contributed by atoms with Crippen LogP contribution >= 0.6 is 11.8 Å². The van der Waals surface area contributed by atoms with E-state index in [1.807, 2.05) is 0 Å². The van der Waals surface area contributed by atoms with Gasteiger partial charge in [-0.05, 0) is 12.2 Å². The van der Waals surface area contributed by atoms with Gasteiger partial charge in [0.2, 0.25) is 0 Å². The number of rotatable bonds is 0. The van der Waals surface area contributed by atoms with Crippen molar-refractivity contribution in [3.8, 4) is 0 Å². The van der Waals surface area contributed by atoms with Crippen LogP contribution in [-0.2, 0) is 12.2 Å². The van der Waals surface area contributed by atoms with Gasteiger partial charge in [-0.2, -0.15) is 11.8 Å². The van der Waals surface area contributed by atoms with Crippen LogP contribution in [0.1, 0.15) is 11.3 Å². The Balaban J connectivity index is 2.68. The molecule has 0 aromatic carbocycles. The maximum absolute atomic E-state index is 11.2. The van der Waals surface area contributed by atoms with Crippen molar-refractivity contribution in [1.29, 1.82) is 0 Å². The highest BCUT2D eigenvalue weighted by atomic mass is 32.2. The first-order chi connectivity index (χ1) is 5.77. The zero-order valence-electron chi connectivity index (χ0n) is 6.35. The standard InChI is InChI=1S/C7H8N2O2S/c10-6-4-1-2-12-3-5(4)8-7(11)9-6/h1-3H2,(H2,8,9,10,11). The Labute approximate surface area is 72.4 Å². The summed E-state index contributed by atoms with van der Waals surface area (Å²) in [5.41, 5.74) is 0.906. The van der Waals surface area contributed by atoms with Gasteiger partial charge in [0.1, 0.15) is 0 Å². The number of aromatic amines is 2. The monoisotopic (exact) mass is 184 g/mol. The first-order valence-corrected chi connectivity index (χ1v) is 4.85. The summed E-state index contributed by atoms with van der Waals surface area (Å²) in [6.45, 7) is 0. The minimum atomic E-state index is -0.402. The van der Waals surface area contributed by atoms with E-state index >= 15 is 0 Å². The third-order valence-electron chi connectivity index (χ3n) is 1.87. The van der Waals surface area contributed by atoms with Gasteiger partial charge in [-0.25, -0.2) is 4.79 Å². The van der Waals surface area contributed by atoms with E-state index in [2.05, 4.69) is 9.97 Å². The summed E-state index contributed by atoms with van der Waals surface area (Å²) in [4.78, 5) is 26.9. The van der Waals surface area contributed by atoms with E-state index in [1.165, 1.54) is 0 Å². The van der Waals surface area contributed by atoms with Crippen LogP contribution in [-0.4, -0.2) is 15.7 Å². The van der Waals surface area contributed by atoms with Crippen molar-refractivity contribution in [2.45, 2.75) is 12.2 Å². The summed E-state index contributed by atoms with van der Waals surface area (Å²) in [6.07, 6.45) is 0.756. The lowest BCUT2D eigenvalue weighted by Gasteiger charge is -2.12. The molecule has 1 aliphatic heterocycles. The lowest BCUT2D eigenvalue weighted by atomic mass is 10.2. The summed E-state index contributed by atoms with van der Waals surface area (Å²) < 4.78 is 0. The van der Waals surface area contributed by atoms with Crippen LogP contribution in [0.25, 0.3) is 0 Å². The lowest BCUT2D eigenvalue weighted by molar-refractivity contribution is 0.904.